The Balaban J connectivity index is 2.17. The Bertz CT molecular complexity index is 732. The molecule has 1 aliphatic heterocycles. The maximum absolute atomic E-state index is 11.3. The van der Waals surface area contributed by atoms with Crippen LogP contribution in [0.4, 0.5) is 5.69 Å². The summed E-state index contributed by atoms with van der Waals surface area (Å²) in [6.07, 6.45) is 2.21. The van der Waals surface area contributed by atoms with Crippen LogP contribution in [0, 0.1) is 11.3 Å². The summed E-state index contributed by atoms with van der Waals surface area (Å²) >= 11 is 0. The van der Waals surface area contributed by atoms with E-state index in [9.17, 15) is 9.90 Å². The van der Waals surface area contributed by atoms with E-state index in [4.69, 9.17) is 5.26 Å². The molecule has 1 aliphatic rings. The molecule has 0 unspecified atom stereocenters. The number of nitriles is 1. The lowest BCUT2D eigenvalue weighted by atomic mass is 10.1. The van der Waals surface area contributed by atoms with Crippen LogP contribution in [-0.2, 0) is 0 Å². The van der Waals surface area contributed by atoms with Gasteiger partial charge < -0.3 is 15.0 Å². The molecule has 0 aliphatic carbocycles. The second kappa shape index (κ2) is 4.78. The fraction of sp³-hybridized carbons (Fsp3) is 0.286. The fourth-order valence-corrected chi connectivity index (χ4v) is 2.60. The number of H-pyrrole nitrogens is 2. The second-order valence-corrected chi connectivity index (χ2v) is 4.84. The van der Waals surface area contributed by atoms with Gasteiger partial charge in [0.25, 0.3) is 0 Å². The van der Waals surface area contributed by atoms with E-state index < -0.39 is 5.69 Å². The van der Waals surface area contributed by atoms with E-state index in [1.807, 2.05) is 0 Å². The zero-order valence-electron chi connectivity index (χ0n) is 10.8. The minimum absolute atomic E-state index is 0.180. The molecule has 0 amide bonds. The summed E-state index contributed by atoms with van der Waals surface area (Å²) in [4.78, 5) is 18.4. The van der Waals surface area contributed by atoms with Gasteiger partial charge in [0, 0.05) is 24.3 Å². The van der Waals surface area contributed by atoms with Crippen LogP contribution in [0.3, 0.4) is 0 Å². The third-order valence-corrected chi connectivity index (χ3v) is 3.55. The number of imidazole rings is 1. The van der Waals surface area contributed by atoms with Crippen LogP contribution >= 0.6 is 0 Å². The predicted molar refractivity (Wildman–Crippen MR) is 74.7 cm³/mol. The molecule has 0 spiro atoms. The highest BCUT2D eigenvalue weighted by Gasteiger charge is 2.20. The molecule has 6 nitrogen and oxygen atoms in total. The monoisotopic (exact) mass is 270 g/mol. The third kappa shape index (κ3) is 2.03. The lowest BCUT2D eigenvalue weighted by molar-refractivity contribution is 0.457. The number of hydrogen-bond acceptors (Lipinski definition) is 4. The molecule has 20 heavy (non-hydrogen) atoms. The Morgan fingerprint density at radius 3 is 2.60 bits per heavy atom. The lowest BCUT2D eigenvalue weighted by Crippen LogP contribution is -2.18. The molecule has 0 bridgehead atoms. The van der Waals surface area contributed by atoms with E-state index in [1.165, 1.54) is 0 Å². The number of nitrogens with one attached hydrogen (secondary N) is 2. The molecular formula is C14H14N4O2. The van der Waals surface area contributed by atoms with Crippen molar-refractivity contribution in [2.75, 3.05) is 18.0 Å². The summed E-state index contributed by atoms with van der Waals surface area (Å²) in [5.41, 5.74) is 2.07. The van der Waals surface area contributed by atoms with E-state index in [1.54, 1.807) is 18.2 Å². The summed E-state index contributed by atoms with van der Waals surface area (Å²) in [5.74, 6) is -0.180. The van der Waals surface area contributed by atoms with Crippen LogP contribution in [0.5, 0.6) is 5.88 Å². The van der Waals surface area contributed by atoms with E-state index in [-0.39, 0.29) is 5.88 Å². The van der Waals surface area contributed by atoms with Crippen molar-refractivity contribution in [1.29, 1.82) is 5.26 Å². The van der Waals surface area contributed by atoms with Gasteiger partial charge in [0.15, 0.2) is 0 Å². The Morgan fingerprint density at radius 2 is 2.00 bits per heavy atom. The summed E-state index contributed by atoms with van der Waals surface area (Å²) in [5, 5.41) is 18.9. The zero-order chi connectivity index (χ0) is 14.1. The summed E-state index contributed by atoms with van der Waals surface area (Å²) in [7, 11) is 0. The fourth-order valence-electron chi connectivity index (χ4n) is 2.60. The SMILES string of the molecule is N#Cc1ccc(-c2[nH]c(=O)[nH]c2O)c(N2CCCC2)c1. The predicted octanol–water partition coefficient (Wildman–Crippen LogP) is 1.55. The number of anilines is 1. The average Bonchev–Trinajstić information content (AvgIpc) is 3.08. The molecule has 0 radical (unpaired) electrons. The van der Waals surface area contributed by atoms with Crippen LogP contribution in [-0.4, -0.2) is 28.2 Å². The van der Waals surface area contributed by atoms with Gasteiger partial charge in [0.1, 0.15) is 5.69 Å². The molecule has 0 saturated carbocycles. The Hall–Kier alpha value is -2.68. The van der Waals surface area contributed by atoms with E-state index in [0.717, 1.165) is 37.2 Å². The van der Waals surface area contributed by atoms with Crippen molar-refractivity contribution in [2.24, 2.45) is 0 Å². The smallest absolute Gasteiger partial charge is 0.326 e. The molecule has 2 heterocycles. The van der Waals surface area contributed by atoms with Crippen molar-refractivity contribution in [1.82, 2.24) is 9.97 Å². The number of hydrogen-bond donors (Lipinski definition) is 3. The molecule has 1 saturated heterocycles. The van der Waals surface area contributed by atoms with Gasteiger partial charge >= 0.3 is 5.69 Å². The van der Waals surface area contributed by atoms with Gasteiger partial charge in [-0.1, -0.05) is 0 Å². The molecular weight excluding hydrogens is 256 g/mol. The summed E-state index contributed by atoms with van der Waals surface area (Å²) in [6.45, 7) is 1.83. The average molecular weight is 270 g/mol. The van der Waals surface area contributed by atoms with Crippen molar-refractivity contribution in [3.8, 4) is 23.2 Å². The zero-order valence-corrected chi connectivity index (χ0v) is 10.8. The molecule has 1 fully saturated rings. The van der Waals surface area contributed by atoms with Gasteiger partial charge in [0.2, 0.25) is 5.88 Å². The van der Waals surface area contributed by atoms with Crippen LogP contribution in [0.2, 0.25) is 0 Å². The Labute approximate surface area is 115 Å². The number of aromatic nitrogens is 2. The molecule has 1 aromatic carbocycles. The van der Waals surface area contributed by atoms with Crippen LogP contribution in [0.1, 0.15) is 18.4 Å². The molecule has 3 rings (SSSR count). The first-order valence-electron chi connectivity index (χ1n) is 6.50. The molecule has 1 aromatic heterocycles. The summed E-state index contributed by atoms with van der Waals surface area (Å²) < 4.78 is 0. The first kappa shape index (κ1) is 12.4. The van der Waals surface area contributed by atoms with Gasteiger partial charge in [-0.25, -0.2) is 4.79 Å². The number of aromatic amines is 2. The maximum atomic E-state index is 11.3. The van der Waals surface area contributed by atoms with Crippen molar-refractivity contribution in [3.63, 3.8) is 0 Å². The molecule has 2 aromatic rings. The molecule has 3 N–H and O–H groups in total. The van der Waals surface area contributed by atoms with Crippen LogP contribution in [0.25, 0.3) is 11.3 Å². The highest BCUT2D eigenvalue weighted by atomic mass is 16.3. The lowest BCUT2D eigenvalue weighted by Gasteiger charge is -2.21. The topological polar surface area (TPSA) is 95.9 Å². The van der Waals surface area contributed by atoms with Gasteiger partial charge in [-0.15, -0.1) is 0 Å². The van der Waals surface area contributed by atoms with E-state index in [2.05, 4.69) is 20.9 Å². The van der Waals surface area contributed by atoms with Crippen molar-refractivity contribution in [3.05, 3.63) is 34.2 Å². The number of nitrogens with zero attached hydrogens (tertiary/aromatic N) is 2. The second-order valence-electron chi connectivity index (χ2n) is 4.84. The molecule has 6 heteroatoms. The Kier molecular flexibility index (Phi) is 2.95. The largest absolute Gasteiger partial charge is 0.493 e. The standard InChI is InChI=1S/C14H14N4O2/c15-8-9-3-4-10(12-13(19)17-14(20)16-12)11(7-9)18-5-1-2-6-18/h3-4,7,19H,1-2,5-6H2,(H2,16,17,20). The van der Waals surface area contributed by atoms with Gasteiger partial charge in [-0.2, -0.15) is 5.26 Å². The van der Waals surface area contributed by atoms with Crippen LogP contribution in [0.15, 0.2) is 23.0 Å². The minimum Gasteiger partial charge on any atom is -0.493 e. The Morgan fingerprint density at radius 1 is 1.25 bits per heavy atom. The first-order chi connectivity index (χ1) is 9.69. The highest BCUT2D eigenvalue weighted by molar-refractivity contribution is 5.80. The van der Waals surface area contributed by atoms with Crippen molar-refractivity contribution < 1.29 is 5.11 Å². The normalized spacial score (nSPS) is 14.4. The quantitative estimate of drug-likeness (QED) is 0.771. The van der Waals surface area contributed by atoms with Gasteiger partial charge in [-0.3, -0.25) is 4.98 Å². The van der Waals surface area contributed by atoms with Crippen molar-refractivity contribution in [2.45, 2.75) is 12.8 Å². The van der Waals surface area contributed by atoms with Gasteiger partial charge in [-0.05, 0) is 31.0 Å². The minimum atomic E-state index is -0.450. The van der Waals surface area contributed by atoms with E-state index >= 15 is 0 Å². The van der Waals surface area contributed by atoms with E-state index in [0.29, 0.717) is 11.3 Å². The highest BCUT2D eigenvalue weighted by Crippen LogP contribution is 2.35. The number of aromatic hydroxyl groups is 1. The van der Waals surface area contributed by atoms with Crippen molar-refractivity contribution >= 4 is 5.69 Å². The van der Waals surface area contributed by atoms with Gasteiger partial charge in [0.05, 0.1) is 11.6 Å². The third-order valence-electron chi connectivity index (χ3n) is 3.55. The number of benzene rings is 1. The van der Waals surface area contributed by atoms with Crippen LogP contribution < -0.4 is 10.6 Å². The molecule has 102 valence electrons. The molecule has 0 atom stereocenters. The number of rotatable bonds is 2. The summed E-state index contributed by atoms with van der Waals surface area (Å²) in [6, 6.07) is 7.35. The first-order valence-corrected chi connectivity index (χ1v) is 6.50. The maximum Gasteiger partial charge on any atom is 0.326 e.